The van der Waals surface area contributed by atoms with Gasteiger partial charge in [-0.25, -0.2) is 9.67 Å². The summed E-state index contributed by atoms with van der Waals surface area (Å²) in [4.78, 5) is 29.1. The minimum Gasteiger partial charge on any atom is -0.350 e. The molecule has 0 bridgehead atoms. The minimum atomic E-state index is -0.176. The molecule has 8 heteroatoms. The first kappa shape index (κ1) is 17.4. The van der Waals surface area contributed by atoms with Gasteiger partial charge in [0.15, 0.2) is 0 Å². The monoisotopic (exact) mass is 425 g/mol. The van der Waals surface area contributed by atoms with Gasteiger partial charge in [-0.05, 0) is 34.1 Å². The third-order valence-corrected chi connectivity index (χ3v) is 4.76. The number of aryl methyl sites for hydroxylation is 1. The smallest absolute Gasteiger partial charge is 0.274 e. The molecule has 0 aliphatic carbocycles. The number of halogens is 1. The van der Waals surface area contributed by atoms with Crippen LogP contribution in [0.2, 0.25) is 0 Å². The fourth-order valence-corrected chi connectivity index (χ4v) is 3.37. The molecule has 0 spiro atoms. The summed E-state index contributed by atoms with van der Waals surface area (Å²) in [5.74, 6) is -0.176. The second-order valence-electron chi connectivity index (χ2n) is 6.22. The molecular formula is C19H16BrN5O2. The van der Waals surface area contributed by atoms with E-state index in [4.69, 9.17) is 0 Å². The first-order valence-electron chi connectivity index (χ1n) is 8.36. The summed E-state index contributed by atoms with van der Waals surface area (Å²) in [6.07, 6.45) is 3.88. The Balaban J connectivity index is 1.52. The number of nitrogens with zero attached hydrogens (tertiary/aromatic N) is 4. The predicted octanol–water partition coefficient (Wildman–Crippen LogP) is 2.20. The average Bonchev–Trinajstić information content (AvgIpc) is 3.06. The molecule has 1 aromatic carbocycles. The molecule has 0 atom stereocenters. The Labute approximate surface area is 162 Å². The number of carbonyl (C=O) groups is 1. The molecule has 4 rings (SSSR count). The Bertz CT molecular complexity index is 1230. The van der Waals surface area contributed by atoms with E-state index in [2.05, 4.69) is 31.3 Å². The number of hydrogen-bond acceptors (Lipinski definition) is 4. The zero-order valence-corrected chi connectivity index (χ0v) is 16.1. The molecule has 1 N–H and O–H groups in total. The van der Waals surface area contributed by atoms with Crippen molar-refractivity contribution in [3.8, 4) is 0 Å². The Hall–Kier alpha value is -3.00. The Morgan fingerprint density at radius 3 is 2.74 bits per heavy atom. The van der Waals surface area contributed by atoms with Crippen LogP contribution >= 0.6 is 15.9 Å². The third-order valence-electron chi connectivity index (χ3n) is 4.29. The highest BCUT2D eigenvalue weighted by Crippen LogP contribution is 2.14. The number of carbonyl (C=O) groups excluding carboxylic acids is 1. The maximum absolute atomic E-state index is 12.4. The van der Waals surface area contributed by atoms with Crippen molar-refractivity contribution in [1.82, 2.24) is 24.5 Å². The lowest BCUT2D eigenvalue weighted by Crippen LogP contribution is -2.27. The highest BCUT2D eigenvalue weighted by atomic mass is 79.9. The maximum atomic E-state index is 12.4. The van der Waals surface area contributed by atoms with E-state index in [0.717, 1.165) is 15.8 Å². The summed E-state index contributed by atoms with van der Waals surface area (Å²) in [5.41, 5.74) is 1.97. The maximum Gasteiger partial charge on any atom is 0.274 e. The molecule has 3 heterocycles. The van der Waals surface area contributed by atoms with E-state index in [1.54, 1.807) is 19.2 Å². The van der Waals surface area contributed by atoms with Crippen molar-refractivity contribution >= 4 is 38.3 Å². The third kappa shape index (κ3) is 3.48. The van der Waals surface area contributed by atoms with Crippen LogP contribution in [0.25, 0.3) is 16.4 Å². The summed E-state index contributed by atoms with van der Waals surface area (Å²) in [6.45, 7) is 0.321. The Morgan fingerprint density at radius 1 is 1.15 bits per heavy atom. The van der Waals surface area contributed by atoms with Crippen molar-refractivity contribution in [2.45, 2.75) is 13.0 Å². The van der Waals surface area contributed by atoms with E-state index >= 15 is 0 Å². The van der Waals surface area contributed by atoms with Gasteiger partial charge in [0.2, 0.25) is 5.91 Å². The lowest BCUT2D eigenvalue weighted by Gasteiger charge is -2.08. The van der Waals surface area contributed by atoms with E-state index in [0.29, 0.717) is 23.0 Å². The van der Waals surface area contributed by atoms with Gasteiger partial charge in [0.05, 0.1) is 29.7 Å². The van der Waals surface area contributed by atoms with Crippen LogP contribution in [-0.4, -0.2) is 25.1 Å². The summed E-state index contributed by atoms with van der Waals surface area (Å²) in [7, 11) is 1.59. The SMILES string of the molecule is Cn1nc(CC(=O)NCc2cn3cc(Br)ccc3n2)c2ccccc2c1=O. The number of aromatic nitrogens is 4. The van der Waals surface area contributed by atoms with Crippen molar-refractivity contribution in [2.24, 2.45) is 7.05 Å². The molecule has 0 aliphatic rings. The van der Waals surface area contributed by atoms with Crippen LogP contribution in [0.15, 0.2) is 58.1 Å². The summed E-state index contributed by atoms with van der Waals surface area (Å²) in [6, 6.07) is 11.0. The van der Waals surface area contributed by atoms with Gasteiger partial charge in [-0.1, -0.05) is 18.2 Å². The fraction of sp³-hybridized carbons (Fsp3) is 0.158. The number of amides is 1. The highest BCUT2D eigenvalue weighted by molar-refractivity contribution is 9.10. The topological polar surface area (TPSA) is 81.3 Å². The number of benzene rings is 1. The van der Waals surface area contributed by atoms with Crippen molar-refractivity contribution < 1.29 is 4.79 Å². The second-order valence-corrected chi connectivity index (χ2v) is 7.14. The average molecular weight is 426 g/mol. The van der Waals surface area contributed by atoms with Gasteiger partial charge in [0, 0.05) is 29.3 Å². The van der Waals surface area contributed by atoms with Gasteiger partial charge in [0.25, 0.3) is 5.56 Å². The van der Waals surface area contributed by atoms with Crippen LogP contribution in [0.1, 0.15) is 11.4 Å². The largest absolute Gasteiger partial charge is 0.350 e. The second kappa shape index (κ2) is 6.96. The van der Waals surface area contributed by atoms with E-state index in [9.17, 15) is 9.59 Å². The van der Waals surface area contributed by atoms with Crippen LogP contribution in [0.5, 0.6) is 0 Å². The van der Waals surface area contributed by atoms with Crippen LogP contribution in [0.4, 0.5) is 0 Å². The molecule has 7 nitrogen and oxygen atoms in total. The molecular weight excluding hydrogens is 410 g/mol. The molecule has 0 fully saturated rings. The van der Waals surface area contributed by atoms with Gasteiger partial charge >= 0.3 is 0 Å². The normalized spacial score (nSPS) is 11.2. The molecule has 0 radical (unpaired) electrons. The lowest BCUT2D eigenvalue weighted by atomic mass is 10.1. The molecule has 0 aliphatic heterocycles. The van der Waals surface area contributed by atoms with Crippen LogP contribution in [-0.2, 0) is 24.8 Å². The fourth-order valence-electron chi connectivity index (χ4n) is 3.01. The Kier molecular flexibility index (Phi) is 4.49. The first-order chi connectivity index (χ1) is 13.0. The number of hydrogen-bond donors (Lipinski definition) is 1. The highest BCUT2D eigenvalue weighted by Gasteiger charge is 2.12. The lowest BCUT2D eigenvalue weighted by molar-refractivity contribution is -0.120. The zero-order valence-electron chi connectivity index (χ0n) is 14.5. The van der Waals surface area contributed by atoms with Gasteiger partial charge in [-0.3, -0.25) is 9.59 Å². The van der Waals surface area contributed by atoms with E-state index < -0.39 is 0 Å². The standard InChI is InChI=1S/C19H16BrN5O2/c1-24-19(27)15-5-3-2-4-14(15)16(23-24)8-18(26)21-9-13-11-25-10-12(20)6-7-17(25)22-13/h2-7,10-11H,8-9H2,1H3,(H,21,26). The van der Waals surface area contributed by atoms with Crippen molar-refractivity contribution in [3.63, 3.8) is 0 Å². The van der Waals surface area contributed by atoms with Crippen molar-refractivity contribution in [3.05, 3.63) is 75.0 Å². The number of rotatable bonds is 4. The summed E-state index contributed by atoms with van der Waals surface area (Å²) < 4.78 is 4.12. The minimum absolute atomic E-state index is 0.0908. The molecule has 4 aromatic rings. The molecule has 136 valence electrons. The molecule has 27 heavy (non-hydrogen) atoms. The van der Waals surface area contributed by atoms with E-state index in [1.807, 2.05) is 41.1 Å². The summed E-state index contributed by atoms with van der Waals surface area (Å²) in [5, 5.41) is 8.39. The molecule has 1 amide bonds. The quantitative estimate of drug-likeness (QED) is 0.543. The molecule has 0 unspecified atom stereocenters. The van der Waals surface area contributed by atoms with Crippen molar-refractivity contribution in [1.29, 1.82) is 0 Å². The van der Waals surface area contributed by atoms with Crippen molar-refractivity contribution in [2.75, 3.05) is 0 Å². The van der Waals surface area contributed by atoms with Crippen LogP contribution < -0.4 is 10.9 Å². The first-order valence-corrected chi connectivity index (χ1v) is 9.15. The molecule has 0 saturated heterocycles. The number of imidazole rings is 1. The summed E-state index contributed by atoms with van der Waals surface area (Å²) >= 11 is 3.42. The van der Waals surface area contributed by atoms with E-state index in [-0.39, 0.29) is 17.9 Å². The van der Waals surface area contributed by atoms with E-state index in [1.165, 1.54) is 4.68 Å². The number of nitrogens with one attached hydrogen (secondary N) is 1. The van der Waals surface area contributed by atoms with Gasteiger partial charge < -0.3 is 9.72 Å². The Morgan fingerprint density at radius 2 is 1.93 bits per heavy atom. The van der Waals surface area contributed by atoms with Gasteiger partial charge in [-0.15, -0.1) is 0 Å². The molecule has 0 saturated carbocycles. The van der Waals surface area contributed by atoms with Gasteiger partial charge in [-0.2, -0.15) is 5.10 Å². The van der Waals surface area contributed by atoms with Crippen LogP contribution in [0, 0.1) is 0 Å². The zero-order chi connectivity index (χ0) is 19.0. The predicted molar refractivity (Wildman–Crippen MR) is 105 cm³/mol. The van der Waals surface area contributed by atoms with Crippen LogP contribution in [0.3, 0.4) is 0 Å². The number of fused-ring (bicyclic) bond motifs is 2. The van der Waals surface area contributed by atoms with Gasteiger partial charge in [0.1, 0.15) is 5.65 Å². The number of pyridine rings is 1. The molecule has 3 aromatic heterocycles.